The smallest absolute Gasteiger partial charge is 0.258 e. The van der Waals surface area contributed by atoms with Crippen LogP contribution in [0.5, 0.6) is 0 Å². The molecular weight excluding hydrogens is 216 g/mol. The Morgan fingerprint density at radius 3 is 2.38 bits per heavy atom. The van der Waals surface area contributed by atoms with E-state index in [4.69, 9.17) is 6.42 Å². The van der Waals surface area contributed by atoms with Crippen LogP contribution < -0.4 is 0 Å². The van der Waals surface area contributed by atoms with E-state index in [2.05, 4.69) is 5.92 Å². The topological polar surface area (TPSA) is 43.1 Å². The summed E-state index contributed by atoms with van der Waals surface area (Å²) in [6.45, 7) is 3.05. The van der Waals surface area contributed by atoms with E-state index >= 15 is 0 Å². The van der Waals surface area contributed by atoms with Crippen LogP contribution in [-0.2, 0) is 5.41 Å². The molecule has 0 aliphatic heterocycles. The summed E-state index contributed by atoms with van der Waals surface area (Å²) in [6, 6.07) is 1.32. The first-order valence-electron chi connectivity index (χ1n) is 4.41. The molecule has 0 saturated carbocycles. The number of nitrogens with zero attached hydrogens (tertiary/aromatic N) is 1. The van der Waals surface area contributed by atoms with E-state index in [-0.39, 0.29) is 5.56 Å². The Morgan fingerprint density at radius 2 is 1.94 bits per heavy atom. The van der Waals surface area contributed by atoms with Crippen molar-refractivity contribution in [3.05, 3.63) is 39.4 Å². The molecule has 0 aliphatic carbocycles. The van der Waals surface area contributed by atoms with E-state index in [0.29, 0.717) is 6.07 Å². The van der Waals surface area contributed by atoms with Crippen molar-refractivity contribution < 1.29 is 13.7 Å². The number of halogens is 2. The lowest BCUT2D eigenvalue weighted by Crippen LogP contribution is -2.17. The third-order valence-corrected chi connectivity index (χ3v) is 2.27. The molecule has 0 radical (unpaired) electrons. The highest BCUT2D eigenvalue weighted by Crippen LogP contribution is 2.29. The first-order valence-corrected chi connectivity index (χ1v) is 4.41. The number of hydrogen-bond acceptors (Lipinski definition) is 2. The average molecular weight is 225 g/mol. The van der Waals surface area contributed by atoms with E-state index in [1.54, 1.807) is 0 Å². The molecule has 0 unspecified atom stereocenters. The summed E-state index contributed by atoms with van der Waals surface area (Å²) in [5, 5.41) is 10.4. The number of hydrogen-bond donors (Lipinski definition) is 0. The molecule has 0 heterocycles. The van der Waals surface area contributed by atoms with Gasteiger partial charge in [0.05, 0.1) is 16.4 Å². The fourth-order valence-corrected chi connectivity index (χ4v) is 1.23. The van der Waals surface area contributed by atoms with Gasteiger partial charge in [0.25, 0.3) is 0 Å². The largest absolute Gasteiger partial charge is 0.307 e. The molecule has 1 rings (SSSR count). The summed E-state index contributed by atoms with van der Waals surface area (Å²) >= 11 is 0. The quantitative estimate of drug-likeness (QED) is 0.441. The van der Waals surface area contributed by atoms with Gasteiger partial charge in [0, 0.05) is 5.56 Å². The SMILES string of the molecule is C#CC(C)(C)c1cc(F)c([N+](=O)[O-])cc1F. The maximum Gasteiger partial charge on any atom is 0.307 e. The van der Waals surface area contributed by atoms with Gasteiger partial charge in [0.15, 0.2) is 0 Å². The van der Waals surface area contributed by atoms with Crippen molar-refractivity contribution in [1.82, 2.24) is 0 Å². The summed E-state index contributed by atoms with van der Waals surface area (Å²) in [6.07, 6.45) is 5.18. The second kappa shape index (κ2) is 3.89. The summed E-state index contributed by atoms with van der Waals surface area (Å²) in [7, 11) is 0. The van der Waals surface area contributed by atoms with Crippen LogP contribution in [0.25, 0.3) is 0 Å². The molecule has 1 aromatic rings. The molecular formula is C11H9F2NO2. The molecule has 0 saturated heterocycles. The molecule has 1 aromatic carbocycles. The number of nitro groups is 1. The molecule has 0 amide bonds. The summed E-state index contributed by atoms with van der Waals surface area (Å²) < 4.78 is 26.8. The van der Waals surface area contributed by atoms with Gasteiger partial charge < -0.3 is 0 Å². The minimum absolute atomic E-state index is 0.0712. The molecule has 16 heavy (non-hydrogen) atoms. The lowest BCUT2D eigenvalue weighted by Gasteiger charge is -2.18. The Balaban J connectivity index is 3.44. The van der Waals surface area contributed by atoms with Gasteiger partial charge in [-0.25, -0.2) is 4.39 Å². The maximum absolute atomic E-state index is 13.5. The highest BCUT2D eigenvalue weighted by atomic mass is 19.1. The van der Waals surface area contributed by atoms with Crippen molar-refractivity contribution in [2.75, 3.05) is 0 Å². The molecule has 0 fully saturated rings. The van der Waals surface area contributed by atoms with Gasteiger partial charge in [0.2, 0.25) is 5.82 Å². The van der Waals surface area contributed by atoms with Crippen molar-refractivity contribution in [2.24, 2.45) is 0 Å². The predicted octanol–water partition coefficient (Wildman–Crippen LogP) is 2.78. The highest BCUT2D eigenvalue weighted by molar-refractivity contribution is 5.42. The van der Waals surface area contributed by atoms with Gasteiger partial charge in [-0.15, -0.1) is 6.42 Å². The third kappa shape index (κ3) is 2.01. The van der Waals surface area contributed by atoms with E-state index < -0.39 is 27.7 Å². The standard InChI is InChI=1S/C11H9F2NO2/c1-4-11(2,3)7-5-9(13)10(14(15)16)6-8(7)12/h1,5-6H,2-3H3. The zero-order chi connectivity index (χ0) is 12.5. The van der Waals surface area contributed by atoms with Crippen molar-refractivity contribution in [3.63, 3.8) is 0 Å². The van der Waals surface area contributed by atoms with Crippen LogP contribution in [0.4, 0.5) is 14.5 Å². The maximum atomic E-state index is 13.5. The van der Waals surface area contributed by atoms with Crippen molar-refractivity contribution in [2.45, 2.75) is 19.3 Å². The van der Waals surface area contributed by atoms with Crippen LogP contribution in [0.15, 0.2) is 12.1 Å². The Bertz CT molecular complexity index is 489. The van der Waals surface area contributed by atoms with Gasteiger partial charge in [-0.2, -0.15) is 4.39 Å². The van der Waals surface area contributed by atoms with Crippen LogP contribution in [0, 0.1) is 34.1 Å². The normalized spacial score (nSPS) is 10.9. The van der Waals surface area contributed by atoms with E-state index in [9.17, 15) is 18.9 Å². The molecule has 0 spiro atoms. The summed E-state index contributed by atoms with van der Waals surface area (Å²) in [5.74, 6) is 0.326. The monoisotopic (exact) mass is 225 g/mol. The van der Waals surface area contributed by atoms with Crippen molar-refractivity contribution in [3.8, 4) is 12.3 Å². The number of nitro benzene ring substituents is 1. The first kappa shape index (κ1) is 12.1. The predicted molar refractivity (Wildman–Crippen MR) is 54.9 cm³/mol. The van der Waals surface area contributed by atoms with Crippen molar-refractivity contribution in [1.29, 1.82) is 0 Å². The Hall–Kier alpha value is -1.96. The first-order chi connectivity index (χ1) is 7.29. The van der Waals surface area contributed by atoms with Gasteiger partial charge in [0.1, 0.15) is 5.82 Å². The highest BCUT2D eigenvalue weighted by Gasteiger charge is 2.26. The zero-order valence-corrected chi connectivity index (χ0v) is 8.75. The average Bonchev–Trinajstić information content (AvgIpc) is 2.20. The van der Waals surface area contributed by atoms with Crippen LogP contribution in [0.1, 0.15) is 19.4 Å². The van der Waals surface area contributed by atoms with E-state index in [1.807, 2.05) is 0 Å². The van der Waals surface area contributed by atoms with E-state index in [1.165, 1.54) is 13.8 Å². The molecule has 5 heteroatoms. The molecule has 3 nitrogen and oxygen atoms in total. The summed E-state index contributed by atoms with van der Waals surface area (Å²) in [5.41, 5.74) is -1.98. The van der Waals surface area contributed by atoms with Crippen LogP contribution in [0.2, 0.25) is 0 Å². The van der Waals surface area contributed by atoms with Crippen LogP contribution >= 0.6 is 0 Å². The van der Waals surface area contributed by atoms with Gasteiger partial charge in [-0.1, -0.05) is 5.92 Å². The Kier molecular flexibility index (Phi) is 2.95. The van der Waals surface area contributed by atoms with Crippen LogP contribution in [-0.4, -0.2) is 4.92 Å². The fourth-order valence-electron chi connectivity index (χ4n) is 1.23. The minimum atomic E-state index is -1.09. The van der Waals surface area contributed by atoms with E-state index in [0.717, 1.165) is 6.07 Å². The molecule has 0 aromatic heterocycles. The molecule has 0 N–H and O–H groups in total. The Labute approximate surface area is 91.2 Å². The second-order valence-corrected chi connectivity index (χ2v) is 3.81. The molecule has 0 atom stereocenters. The summed E-state index contributed by atoms with van der Waals surface area (Å²) in [4.78, 5) is 9.38. The molecule has 84 valence electrons. The number of rotatable bonds is 2. The van der Waals surface area contributed by atoms with Crippen LogP contribution in [0.3, 0.4) is 0 Å². The lowest BCUT2D eigenvalue weighted by molar-refractivity contribution is -0.387. The van der Waals surface area contributed by atoms with Gasteiger partial charge in [-0.05, 0) is 19.9 Å². The number of terminal acetylenes is 1. The van der Waals surface area contributed by atoms with Crippen molar-refractivity contribution >= 4 is 5.69 Å². The Morgan fingerprint density at radius 1 is 1.38 bits per heavy atom. The van der Waals surface area contributed by atoms with Gasteiger partial charge >= 0.3 is 5.69 Å². The minimum Gasteiger partial charge on any atom is -0.258 e. The molecule has 0 bridgehead atoms. The molecule has 0 aliphatic rings. The lowest BCUT2D eigenvalue weighted by atomic mass is 9.85. The fraction of sp³-hybridized carbons (Fsp3) is 0.273. The van der Waals surface area contributed by atoms with Gasteiger partial charge in [-0.3, -0.25) is 10.1 Å². The zero-order valence-electron chi connectivity index (χ0n) is 8.75. The second-order valence-electron chi connectivity index (χ2n) is 3.81. The third-order valence-electron chi connectivity index (χ3n) is 2.27. The number of benzene rings is 1.